The number of fused-ring (bicyclic) bond motifs is 3. The van der Waals surface area contributed by atoms with Gasteiger partial charge in [-0.15, -0.1) is 10.6 Å². The Bertz CT molecular complexity index is 487. The summed E-state index contributed by atoms with van der Waals surface area (Å²) in [4.78, 5) is 1.21. The van der Waals surface area contributed by atoms with Crippen LogP contribution in [-0.4, -0.2) is 9.11 Å². The van der Waals surface area contributed by atoms with Crippen molar-refractivity contribution in [1.82, 2.24) is 0 Å². The molecule has 2 nitrogen and oxygen atoms in total. The third-order valence-electron chi connectivity index (χ3n) is 2.62. The largest absolute Gasteiger partial charge is 0.290 e. The lowest BCUT2D eigenvalue weighted by atomic mass is 10.1. The summed E-state index contributed by atoms with van der Waals surface area (Å²) >= 11 is 0. The van der Waals surface area contributed by atoms with Crippen molar-refractivity contribution in [1.29, 1.82) is 0 Å². The van der Waals surface area contributed by atoms with E-state index in [2.05, 4.69) is 6.07 Å². The van der Waals surface area contributed by atoms with Crippen LogP contribution in [0.5, 0.6) is 0 Å². The lowest BCUT2D eigenvalue weighted by Gasteiger charge is -2.28. The number of benzene rings is 2. The van der Waals surface area contributed by atoms with E-state index in [-0.39, 0.29) is 0 Å². The molecule has 0 fully saturated rings. The Morgan fingerprint density at radius 2 is 1.67 bits per heavy atom. The fourth-order valence-corrected chi connectivity index (χ4v) is 3.64. The Morgan fingerprint density at radius 1 is 0.933 bits per heavy atom. The monoisotopic (exact) mass is 217 g/mol. The molecule has 1 heterocycles. The molecular formula is C12H9O2S. The second-order valence-corrected chi connectivity index (χ2v) is 5.44. The summed E-state index contributed by atoms with van der Waals surface area (Å²) in [5.74, 6) is 0. The van der Waals surface area contributed by atoms with Gasteiger partial charge in [-0.3, -0.25) is 9.11 Å². The third kappa shape index (κ3) is 1.08. The van der Waals surface area contributed by atoms with E-state index < -0.39 is 10.6 Å². The number of hydrogen-bond acceptors (Lipinski definition) is 2. The maximum atomic E-state index is 10.1. The Hall–Kier alpha value is -1.29. The molecule has 1 aliphatic rings. The molecule has 2 N–H and O–H groups in total. The molecule has 0 spiro atoms. The summed E-state index contributed by atoms with van der Waals surface area (Å²) in [7, 11) is -2.80. The standard InChI is InChI=1S/C12H9O2S/c13-15(14)11-7-3-1-5-9(11)10-6-2-4-8-12(10)15/h1-3,5-8,13-14H. The molecular weight excluding hydrogens is 208 g/mol. The molecule has 2 aromatic carbocycles. The number of hydrogen-bond donors (Lipinski definition) is 2. The van der Waals surface area contributed by atoms with Gasteiger partial charge in [0.1, 0.15) is 0 Å². The first-order valence-corrected chi connectivity index (χ1v) is 6.14. The molecule has 2 aromatic rings. The van der Waals surface area contributed by atoms with Crippen molar-refractivity contribution in [2.24, 2.45) is 0 Å². The molecule has 0 bridgehead atoms. The lowest BCUT2D eigenvalue weighted by molar-refractivity contribution is 0.490. The van der Waals surface area contributed by atoms with Crippen LogP contribution in [0.3, 0.4) is 0 Å². The van der Waals surface area contributed by atoms with Crippen molar-refractivity contribution in [3.05, 3.63) is 48.5 Å². The van der Waals surface area contributed by atoms with E-state index in [1.54, 1.807) is 18.2 Å². The highest BCUT2D eigenvalue weighted by Crippen LogP contribution is 2.66. The molecule has 0 atom stereocenters. The fraction of sp³-hybridized carbons (Fsp3) is 0. The summed E-state index contributed by atoms with van der Waals surface area (Å²) in [5, 5.41) is 0. The predicted molar refractivity (Wildman–Crippen MR) is 60.1 cm³/mol. The van der Waals surface area contributed by atoms with Gasteiger partial charge in [-0.2, -0.15) is 0 Å². The van der Waals surface area contributed by atoms with Gasteiger partial charge in [-0.05, 0) is 18.2 Å². The van der Waals surface area contributed by atoms with E-state index in [0.717, 1.165) is 11.1 Å². The Morgan fingerprint density at radius 3 is 2.53 bits per heavy atom. The summed E-state index contributed by atoms with van der Waals surface area (Å²) in [6, 6.07) is 15.6. The molecule has 0 saturated heterocycles. The van der Waals surface area contributed by atoms with E-state index in [1.807, 2.05) is 24.3 Å². The van der Waals surface area contributed by atoms with Gasteiger partial charge in [0.25, 0.3) is 0 Å². The zero-order chi connectivity index (χ0) is 10.5. The highest BCUT2D eigenvalue weighted by atomic mass is 32.3. The van der Waals surface area contributed by atoms with Crippen LogP contribution in [0.4, 0.5) is 0 Å². The van der Waals surface area contributed by atoms with E-state index in [4.69, 9.17) is 0 Å². The van der Waals surface area contributed by atoms with Gasteiger partial charge in [0.05, 0.1) is 9.79 Å². The highest BCUT2D eigenvalue weighted by molar-refractivity contribution is 8.24. The van der Waals surface area contributed by atoms with Gasteiger partial charge in [-0.25, -0.2) is 0 Å². The van der Waals surface area contributed by atoms with Gasteiger partial charge in [0.15, 0.2) is 0 Å². The topological polar surface area (TPSA) is 40.5 Å². The maximum absolute atomic E-state index is 10.1. The van der Waals surface area contributed by atoms with Crippen LogP contribution in [0.25, 0.3) is 11.1 Å². The van der Waals surface area contributed by atoms with Crippen LogP contribution in [0.1, 0.15) is 0 Å². The van der Waals surface area contributed by atoms with Gasteiger partial charge in [0, 0.05) is 11.1 Å². The van der Waals surface area contributed by atoms with E-state index in [9.17, 15) is 9.11 Å². The molecule has 3 rings (SSSR count). The lowest BCUT2D eigenvalue weighted by Crippen LogP contribution is -1.93. The van der Waals surface area contributed by atoms with Crippen molar-refractivity contribution < 1.29 is 9.11 Å². The first-order valence-electron chi connectivity index (χ1n) is 4.59. The zero-order valence-corrected chi connectivity index (χ0v) is 8.66. The van der Waals surface area contributed by atoms with Crippen molar-refractivity contribution >= 4 is 10.6 Å². The van der Waals surface area contributed by atoms with E-state index in [0.29, 0.717) is 9.79 Å². The Balaban J connectivity index is 2.42. The quantitative estimate of drug-likeness (QED) is 0.707. The van der Waals surface area contributed by atoms with Gasteiger partial charge < -0.3 is 0 Å². The first kappa shape index (κ1) is 8.97. The molecule has 1 aliphatic heterocycles. The Kier molecular flexibility index (Phi) is 1.71. The average Bonchev–Trinajstić information content (AvgIpc) is 2.51. The summed E-state index contributed by atoms with van der Waals surface area (Å²) in [5.41, 5.74) is 1.82. The van der Waals surface area contributed by atoms with Crippen LogP contribution >= 0.6 is 10.6 Å². The SMILES string of the molecule is OS1(O)c2c[c]ccc2-c2ccccc21. The molecule has 0 unspecified atom stereocenters. The zero-order valence-electron chi connectivity index (χ0n) is 7.84. The molecule has 0 amide bonds. The van der Waals surface area contributed by atoms with Gasteiger partial charge in [0.2, 0.25) is 0 Å². The van der Waals surface area contributed by atoms with Gasteiger partial charge in [-0.1, -0.05) is 30.3 Å². The minimum absolute atomic E-state index is 0.589. The first-order chi connectivity index (χ1) is 7.21. The molecule has 3 heteroatoms. The summed E-state index contributed by atoms with van der Waals surface area (Å²) < 4.78 is 20.2. The van der Waals surface area contributed by atoms with E-state index in [1.165, 1.54) is 0 Å². The van der Waals surface area contributed by atoms with Crippen LogP contribution in [-0.2, 0) is 0 Å². The van der Waals surface area contributed by atoms with Crippen molar-refractivity contribution in [3.63, 3.8) is 0 Å². The molecule has 0 aliphatic carbocycles. The Labute approximate surface area is 89.5 Å². The van der Waals surface area contributed by atoms with Crippen LogP contribution in [0.15, 0.2) is 52.3 Å². The second-order valence-electron chi connectivity index (χ2n) is 3.47. The van der Waals surface area contributed by atoms with Crippen molar-refractivity contribution in [2.75, 3.05) is 0 Å². The highest BCUT2D eigenvalue weighted by Gasteiger charge is 2.32. The smallest absolute Gasteiger partial charge is 0.0722 e. The molecule has 0 saturated carbocycles. The average molecular weight is 217 g/mol. The second kappa shape index (κ2) is 2.85. The van der Waals surface area contributed by atoms with Crippen molar-refractivity contribution in [3.8, 4) is 11.1 Å². The minimum atomic E-state index is -2.80. The third-order valence-corrected chi connectivity index (χ3v) is 4.54. The maximum Gasteiger partial charge on any atom is 0.0722 e. The molecule has 15 heavy (non-hydrogen) atoms. The molecule has 0 aromatic heterocycles. The summed E-state index contributed by atoms with van der Waals surface area (Å²) in [6.45, 7) is 0. The van der Waals surface area contributed by atoms with Crippen LogP contribution in [0, 0.1) is 6.07 Å². The van der Waals surface area contributed by atoms with Crippen LogP contribution < -0.4 is 0 Å². The van der Waals surface area contributed by atoms with Crippen LogP contribution in [0.2, 0.25) is 0 Å². The van der Waals surface area contributed by atoms with Crippen molar-refractivity contribution in [2.45, 2.75) is 9.79 Å². The van der Waals surface area contributed by atoms with E-state index >= 15 is 0 Å². The van der Waals surface area contributed by atoms with Gasteiger partial charge >= 0.3 is 0 Å². The predicted octanol–water partition coefficient (Wildman–Crippen LogP) is 3.64. The normalized spacial score (nSPS) is 18.0. The fourth-order valence-electron chi connectivity index (χ4n) is 1.93. The summed E-state index contributed by atoms with van der Waals surface area (Å²) in [6.07, 6.45) is 0. The molecule has 75 valence electrons. The minimum Gasteiger partial charge on any atom is -0.290 e. The number of rotatable bonds is 0. The molecule has 1 radical (unpaired) electrons.